The van der Waals surface area contributed by atoms with Crippen LogP contribution in [0.5, 0.6) is 0 Å². The summed E-state index contributed by atoms with van der Waals surface area (Å²) < 4.78 is 2.09. The first-order chi connectivity index (χ1) is 12.1. The minimum atomic E-state index is 0.0920. The Bertz CT molecular complexity index is 767. The van der Waals surface area contributed by atoms with E-state index in [4.69, 9.17) is 0 Å². The standard InChI is InChI=1S/C19H24N4OS/c1-4-11-23-18(15-9-10-15)20-21-19(23)25-13-17(24)22(3)12-16-8-6-5-7-14(16)2/h4-8,15H,1,9-13H2,2-3H3. The Balaban J connectivity index is 1.60. The van der Waals surface area contributed by atoms with Crippen LogP contribution in [0.15, 0.2) is 42.1 Å². The number of aryl methyl sites for hydroxylation is 1. The predicted molar refractivity (Wildman–Crippen MR) is 101 cm³/mol. The Morgan fingerprint density at radius 2 is 2.16 bits per heavy atom. The van der Waals surface area contributed by atoms with Crippen molar-refractivity contribution < 1.29 is 4.79 Å². The van der Waals surface area contributed by atoms with Gasteiger partial charge in [0.25, 0.3) is 0 Å². The Morgan fingerprint density at radius 3 is 2.84 bits per heavy atom. The maximum absolute atomic E-state index is 12.5. The highest BCUT2D eigenvalue weighted by molar-refractivity contribution is 7.99. The van der Waals surface area contributed by atoms with Gasteiger partial charge in [-0.15, -0.1) is 16.8 Å². The molecule has 1 fully saturated rings. The molecule has 0 bridgehead atoms. The fourth-order valence-electron chi connectivity index (χ4n) is 2.72. The summed E-state index contributed by atoms with van der Waals surface area (Å²) in [5.41, 5.74) is 2.38. The van der Waals surface area contributed by atoms with Crippen molar-refractivity contribution in [3.8, 4) is 0 Å². The fourth-order valence-corrected chi connectivity index (χ4v) is 3.61. The first kappa shape index (κ1) is 17.7. The van der Waals surface area contributed by atoms with Crippen molar-refractivity contribution in [1.29, 1.82) is 0 Å². The Labute approximate surface area is 153 Å². The van der Waals surface area contributed by atoms with Gasteiger partial charge in [0.1, 0.15) is 5.82 Å². The third-order valence-corrected chi connectivity index (χ3v) is 5.37. The maximum Gasteiger partial charge on any atom is 0.233 e. The lowest BCUT2D eigenvalue weighted by Crippen LogP contribution is -2.28. The SMILES string of the molecule is C=CCn1c(SCC(=O)N(C)Cc2ccccc2C)nnc1C1CC1. The number of hydrogen-bond acceptors (Lipinski definition) is 4. The van der Waals surface area contributed by atoms with E-state index in [9.17, 15) is 4.79 Å². The van der Waals surface area contributed by atoms with Gasteiger partial charge in [-0.2, -0.15) is 0 Å². The van der Waals surface area contributed by atoms with Gasteiger partial charge in [-0.25, -0.2) is 0 Å². The van der Waals surface area contributed by atoms with E-state index in [1.54, 1.807) is 4.90 Å². The summed E-state index contributed by atoms with van der Waals surface area (Å²) in [6, 6.07) is 8.15. The number of aromatic nitrogens is 3. The lowest BCUT2D eigenvalue weighted by molar-refractivity contribution is -0.127. The first-order valence-electron chi connectivity index (χ1n) is 8.55. The maximum atomic E-state index is 12.5. The molecule has 1 aliphatic carbocycles. The van der Waals surface area contributed by atoms with E-state index in [0.717, 1.165) is 11.0 Å². The van der Waals surface area contributed by atoms with E-state index in [0.29, 0.717) is 24.8 Å². The largest absolute Gasteiger partial charge is 0.341 e. The second-order valence-corrected chi connectivity index (χ2v) is 7.42. The lowest BCUT2D eigenvalue weighted by Gasteiger charge is -2.18. The number of nitrogens with zero attached hydrogens (tertiary/aromatic N) is 4. The summed E-state index contributed by atoms with van der Waals surface area (Å²) in [5, 5.41) is 9.41. The van der Waals surface area contributed by atoms with Crippen LogP contribution in [-0.4, -0.2) is 38.4 Å². The van der Waals surface area contributed by atoms with E-state index < -0.39 is 0 Å². The van der Waals surface area contributed by atoms with Crippen molar-refractivity contribution in [2.24, 2.45) is 0 Å². The molecule has 1 aromatic heterocycles. The average molecular weight is 356 g/mol. The van der Waals surface area contributed by atoms with Crippen molar-refractivity contribution in [3.05, 3.63) is 53.9 Å². The highest BCUT2D eigenvalue weighted by Gasteiger charge is 2.30. The van der Waals surface area contributed by atoms with Crippen LogP contribution in [0.2, 0.25) is 0 Å². The number of benzene rings is 1. The lowest BCUT2D eigenvalue weighted by atomic mass is 10.1. The van der Waals surface area contributed by atoms with Crippen molar-refractivity contribution in [2.75, 3.05) is 12.8 Å². The number of rotatable bonds is 8. The highest BCUT2D eigenvalue weighted by atomic mass is 32.2. The summed E-state index contributed by atoms with van der Waals surface area (Å²) in [5.74, 6) is 2.02. The molecule has 0 N–H and O–H groups in total. The van der Waals surface area contributed by atoms with Crippen molar-refractivity contribution >= 4 is 17.7 Å². The molecule has 0 unspecified atom stereocenters. The fraction of sp³-hybridized carbons (Fsp3) is 0.421. The molecule has 132 valence electrons. The van der Waals surface area contributed by atoms with Gasteiger partial charge in [-0.05, 0) is 30.9 Å². The van der Waals surface area contributed by atoms with E-state index in [2.05, 4.69) is 40.4 Å². The molecule has 25 heavy (non-hydrogen) atoms. The van der Waals surface area contributed by atoms with Crippen molar-refractivity contribution in [1.82, 2.24) is 19.7 Å². The van der Waals surface area contributed by atoms with Gasteiger partial charge in [0.05, 0.1) is 5.75 Å². The molecular formula is C19H24N4OS. The molecule has 1 aliphatic rings. The molecule has 0 atom stereocenters. The topological polar surface area (TPSA) is 51.0 Å². The normalized spacial score (nSPS) is 13.7. The van der Waals surface area contributed by atoms with Gasteiger partial charge in [0.2, 0.25) is 5.91 Å². The molecule has 2 aromatic rings. The average Bonchev–Trinajstić information content (AvgIpc) is 3.37. The van der Waals surface area contributed by atoms with Crippen LogP contribution in [0.4, 0.5) is 0 Å². The van der Waals surface area contributed by atoms with Gasteiger partial charge in [-0.1, -0.05) is 42.1 Å². The molecule has 5 nitrogen and oxygen atoms in total. The van der Waals surface area contributed by atoms with E-state index >= 15 is 0 Å². The van der Waals surface area contributed by atoms with Gasteiger partial charge < -0.3 is 9.47 Å². The molecule has 1 aromatic carbocycles. The summed E-state index contributed by atoms with van der Waals surface area (Å²) in [4.78, 5) is 14.3. The molecule has 0 saturated heterocycles. The van der Waals surface area contributed by atoms with E-state index in [1.165, 1.54) is 35.7 Å². The Morgan fingerprint density at radius 1 is 1.40 bits per heavy atom. The molecule has 1 heterocycles. The summed E-state index contributed by atoms with van der Waals surface area (Å²) in [6.07, 6.45) is 4.21. The van der Waals surface area contributed by atoms with Crippen LogP contribution in [0, 0.1) is 6.92 Å². The molecule has 0 aliphatic heterocycles. The number of amides is 1. The second kappa shape index (κ2) is 7.87. The molecule has 1 saturated carbocycles. The summed E-state index contributed by atoms with van der Waals surface area (Å²) >= 11 is 1.45. The summed E-state index contributed by atoms with van der Waals surface area (Å²) in [6.45, 7) is 7.20. The number of carbonyl (C=O) groups excluding carboxylic acids is 1. The molecule has 0 spiro atoms. The van der Waals surface area contributed by atoms with Crippen LogP contribution in [-0.2, 0) is 17.9 Å². The van der Waals surface area contributed by atoms with E-state index in [-0.39, 0.29) is 5.91 Å². The van der Waals surface area contributed by atoms with Gasteiger partial charge in [0.15, 0.2) is 5.16 Å². The van der Waals surface area contributed by atoms with E-state index in [1.807, 2.05) is 25.3 Å². The smallest absolute Gasteiger partial charge is 0.233 e. The van der Waals surface area contributed by atoms with Gasteiger partial charge >= 0.3 is 0 Å². The second-order valence-electron chi connectivity index (χ2n) is 6.48. The third-order valence-electron chi connectivity index (χ3n) is 4.42. The van der Waals surface area contributed by atoms with Crippen LogP contribution < -0.4 is 0 Å². The zero-order valence-corrected chi connectivity index (χ0v) is 15.6. The first-order valence-corrected chi connectivity index (χ1v) is 9.54. The molecule has 3 rings (SSSR count). The van der Waals surface area contributed by atoms with Gasteiger partial charge in [-0.3, -0.25) is 4.79 Å². The number of hydrogen-bond donors (Lipinski definition) is 0. The van der Waals surface area contributed by atoms with Gasteiger partial charge in [0, 0.05) is 26.1 Å². The Hall–Kier alpha value is -2.08. The Kier molecular flexibility index (Phi) is 5.58. The zero-order chi connectivity index (χ0) is 17.8. The molecular weight excluding hydrogens is 332 g/mol. The molecule has 1 amide bonds. The van der Waals surface area contributed by atoms with Crippen molar-refractivity contribution in [3.63, 3.8) is 0 Å². The van der Waals surface area contributed by atoms with Crippen molar-refractivity contribution in [2.45, 2.75) is 43.9 Å². The quantitative estimate of drug-likeness (QED) is 0.537. The molecule has 0 radical (unpaired) electrons. The predicted octanol–water partition coefficient (Wildman–Crippen LogP) is 3.40. The van der Waals surface area contributed by atoms with Crippen LogP contribution in [0.25, 0.3) is 0 Å². The zero-order valence-electron chi connectivity index (χ0n) is 14.8. The number of thioether (sulfide) groups is 1. The van der Waals surface area contributed by atoms with Crippen LogP contribution >= 0.6 is 11.8 Å². The highest BCUT2D eigenvalue weighted by Crippen LogP contribution is 2.40. The van der Waals surface area contributed by atoms with Crippen LogP contribution in [0.1, 0.15) is 35.7 Å². The third kappa shape index (κ3) is 4.31. The summed E-state index contributed by atoms with van der Waals surface area (Å²) in [7, 11) is 1.85. The number of carbonyl (C=O) groups is 1. The number of allylic oxidation sites excluding steroid dienone is 1. The minimum absolute atomic E-state index is 0.0920. The minimum Gasteiger partial charge on any atom is -0.341 e. The van der Waals surface area contributed by atoms with Crippen LogP contribution in [0.3, 0.4) is 0 Å². The monoisotopic (exact) mass is 356 g/mol. The molecule has 6 heteroatoms.